The lowest BCUT2D eigenvalue weighted by atomic mass is 10.1. The first-order chi connectivity index (χ1) is 8.61. The van der Waals surface area contributed by atoms with Crippen molar-refractivity contribution in [2.75, 3.05) is 5.73 Å². The van der Waals surface area contributed by atoms with Gasteiger partial charge in [-0.3, -0.25) is 14.2 Å². The van der Waals surface area contributed by atoms with Gasteiger partial charge in [-0.2, -0.15) is 0 Å². The summed E-state index contributed by atoms with van der Waals surface area (Å²) < 4.78 is 6.61. The molecule has 0 saturated carbocycles. The number of carbonyl (C=O) groups is 1. The average molecular weight is 266 g/mol. The zero-order valence-electron chi connectivity index (χ0n) is 12.2. The molecular formula is C14H22N2O3. The molecule has 0 aliphatic carbocycles. The molecule has 0 aromatic carbocycles. The Kier molecular flexibility index (Phi) is 4.39. The minimum absolute atomic E-state index is 0.0522. The average Bonchev–Trinajstić information content (AvgIpc) is 2.20. The normalized spacial score (nSPS) is 11.7. The fourth-order valence-corrected chi connectivity index (χ4v) is 1.92. The molecule has 1 heterocycles. The molecule has 2 N–H and O–H groups in total. The molecule has 1 aromatic heterocycles. The first kappa shape index (κ1) is 15.3. The smallest absolute Gasteiger partial charge is 0.326 e. The van der Waals surface area contributed by atoms with Crippen LogP contribution in [0.15, 0.2) is 16.9 Å². The number of rotatable bonds is 3. The monoisotopic (exact) mass is 266 g/mol. The first-order valence-electron chi connectivity index (χ1n) is 6.33. The van der Waals surface area contributed by atoms with Gasteiger partial charge in [-0.25, -0.2) is 0 Å². The molecule has 0 saturated heterocycles. The lowest BCUT2D eigenvalue weighted by Crippen LogP contribution is -2.32. The van der Waals surface area contributed by atoms with Crippen molar-refractivity contribution in [2.24, 2.45) is 0 Å². The molecule has 0 aliphatic heterocycles. The number of nitrogens with zero attached hydrogens (tertiary/aromatic N) is 1. The number of nitrogen functional groups attached to an aromatic ring is 1. The van der Waals surface area contributed by atoms with Crippen LogP contribution in [0.2, 0.25) is 0 Å². The zero-order chi connectivity index (χ0) is 14.8. The van der Waals surface area contributed by atoms with E-state index in [4.69, 9.17) is 10.5 Å². The number of nitrogens with two attached hydrogens (primary N) is 1. The Morgan fingerprint density at radius 2 is 1.95 bits per heavy atom. The maximum atomic E-state index is 11.9. The number of anilines is 1. The molecule has 0 unspecified atom stereocenters. The van der Waals surface area contributed by atoms with Crippen LogP contribution >= 0.6 is 0 Å². The van der Waals surface area contributed by atoms with Crippen molar-refractivity contribution < 1.29 is 9.53 Å². The van der Waals surface area contributed by atoms with Crippen LogP contribution in [0.3, 0.4) is 0 Å². The number of aromatic nitrogens is 1. The summed E-state index contributed by atoms with van der Waals surface area (Å²) in [6.07, 6.45) is 0. The van der Waals surface area contributed by atoms with Crippen LogP contribution in [0.25, 0.3) is 0 Å². The highest BCUT2D eigenvalue weighted by Crippen LogP contribution is 2.20. The molecule has 5 heteroatoms. The summed E-state index contributed by atoms with van der Waals surface area (Å²) in [5, 5.41) is 0. The van der Waals surface area contributed by atoms with Gasteiger partial charge in [0.1, 0.15) is 12.1 Å². The number of esters is 1. The Morgan fingerprint density at radius 3 is 2.42 bits per heavy atom. The maximum absolute atomic E-state index is 11.9. The van der Waals surface area contributed by atoms with Crippen molar-refractivity contribution in [1.82, 2.24) is 4.57 Å². The number of ether oxygens (including phenoxy) is 1. The third kappa shape index (κ3) is 4.12. The van der Waals surface area contributed by atoms with Crippen molar-refractivity contribution in [3.05, 3.63) is 28.2 Å². The predicted molar refractivity (Wildman–Crippen MR) is 75.0 cm³/mol. The van der Waals surface area contributed by atoms with E-state index in [0.29, 0.717) is 11.4 Å². The summed E-state index contributed by atoms with van der Waals surface area (Å²) in [6.45, 7) is 9.10. The lowest BCUT2D eigenvalue weighted by molar-refractivity contribution is -0.155. The van der Waals surface area contributed by atoms with Gasteiger partial charge in [-0.05, 0) is 32.8 Å². The van der Waals surface area contributed by atoms with Crippen molar-refractivity contribution in [1.29, 1.82) is 0 Å². The van der Waals surface area contributed by atoms with Gasteiger partial charge >= 0.3 is 5.97 Å². The van der Waals surface area contributed by atoms with Gasteiger partial charge in [0.25, 0.3) is 5.56 Å². The van der Waals surface area contributed by atoms with E-state index in [0.717, 1.165) is 0 Å². The van der Waals surface area contributed by atoms with Gasteiger partial charge in [-0.15, -0.1) is 0 Å². The van der Waals surface area contributed by atoms with Gasteiger partial charge < -0.3 is 10.5 Å². The van der Waals surface area contributed by atoms with E-state index in [2.05, 4.69) is 0 Å². The zero-order valence-corrected chi connectivity index (χ0v) is 12.2. The molecule has 0 fully saturated rings. The quantitative estimate of drug-likeness (QED) is 0.848. The minimum Gasteiger partial charge on any atom is -0.459 e. The molecule has 0 aliphatic rings. The van der Waals surface area contributed by atoms with E-state index in [1.807, 2.05) is 13.8 Å². The Morgan fingerprint density at radius 1 is 1.37 bits per heavy atom. The minimum atomic E-state index is -0.570. The van der Waals surface area contributed by atoms with E-state index in [-0.39, 0.29) is 18.0 Å². The van der Waals surface area contributed by atoms with E-state index in [1.54, 1.807) is 26.8 Å². The lowest BCUT2D eigenvalue weighted by Gasteiger charge is -2.22. The second kappa shape index (κ2) is 5.47. The molecule has 0 atom stereocenters. The highest BCUT2D eigenvalue weighted by molar-refractivity contribution is 5.70. The molecule has 0 radical (unpaired) electrons. The largest absolute Gasteiger partial charge is 0.459 e. The molecule has 0 spiro atoms. The summed E-state index contributed by atoms with van der Waals surface area (Å²) in [4.78, 5) is 23.7. The fraction of sp³-hybridized carbons (Fsp3) is 0.571. The SMILES string of the molecule is CC(C)c1c(N)ccc(=O)n1CC(=O)OC(C)(C)C. The number of pyridine rings is 1. The standard InChI is InChI=1S/C14H22N2O3/c1-9(2)13-10(15)6-7-11(17)16(13)8-12(18)19-14(3,4)5/h6-7,9H,8,15H2,1-5H3. The van der Waals surface area contributed by atoms with Crippen LogP contribution in [-0.4, -0.2) is 16.1 Å². The predicted octanol–water partition coefficient (Wildman–Crippen LogP) is 1.90. The van der Waals surface area contributed by atoms with Crippen molar-refractivity contribution >= 4 is 11.7 Å². The van der Waals surface area contributed by atoms with E-state index < -0.39 is 11.6 Å². The molecule has 0 bridgehead atoms. The van der Waals surface area contributed by atoms with Crippen LogP contribution in [0.1, 0.15) is 46.2 Å². The molecule has 5 nitrogen and oxygen atoms in total. The molecule has 19 heavy (non-hydrogen) atoms. The fourth-order valence-electron chi connectivity index (χ4n) is 1.92. The maximum Gasteiger partial charge on any atom is 0.326 e. The molecule has 1 aromatic rings. The van der Waals surface area contributed by atoms with Crippen molar-refractivity contribution in [3.63, 3.8) is 0 Å². The Balaban J connectivity index is 3.11. The van der Waals surface area contributed by atoms with Gasteiger partial charge in [0.15, 0.2) is 0 Å². The topological polar surface area (TPSA) is 74.3 Å². The Hall–Kier alpha value is -1.78. The van der Waals surface area contributed by atoms with Gasteiger partial charge in [0.2, 0.25) is 0 Å². The van der Waals surface area contributed by atoms with Crippen molar-refractivity contribution in [3.8, 4) is 0 Å². The van der Waals surface area contributed by atoms with Gasteiger partial charge in [0.05, 0.1) is 5.69 Å². The van der Waals surface area contributed by atoms with E-state index in [9.17, 15) is 9.59 Å². The second-order valence-corrected chi connectivity index (χ2v) is 5.84. The highest BCUT2D eigenvalue weighted by atomic mass is 16.6. The molecular weight excluding hydrogens is 244 g/mol. The van der Waals surface area contributed by atoms with Crippen LogP contribution in [-0.2, 0) is 16.1 Å². The van der Waals surface area contributed by atoms with Crippen LogP contribution in [0.5, 0.6) is 0 Å². The summed E-state index contributed by atoms with van der Waals surface area (Å²) in [5.74, 6) is -0.390. The summed E-state index contributed by atoms with van der Waals surface area (Å²) in [7, 11) is 0. The number of hydrogen-bond acceptors (Lipinski definition) is 4. The van der Waals surface area contributed by atoms with Crippen LogP contribution in [0.4, 0.5) is 5.69 Å². The summed E-state index contributed by atoms with van der Waals surface area (Å²) in [5.41, 5.74) is 6.24. The molecule has 1 rings (SSSR count). The number of carbonyl (C=O) groups excluding carboxylic acids is 1. The van der Waals surface area contributed by atoms with Gasteiger partial charge in [0, 0.05) is 11.8 Å². The molecule has 106 valence electrons. The van der Waals surface area contributed by atoms with E-state index >= 15 is 0 Å². The number of hydrogen-bond donors (Lipinski definition) is 1. The summed E-state index contributed by atoms with van der Waals surface area (Å²) in [6, 6.07) is 2.94. The highest BCUT2D eigenvalue weighted by Gasteiger charge is 2.19. The Labute approximate surface area is 113 Å². The molecule has 0 amide bonds. The first-order valence-corrected chi connectivity index (χ1v) is 6.33. The third-order valence-corrected chi connectivity index (χ3v) is 2.51. The van der Waals surface area contributed by atoms with Gasteiger partial charge in [-0.1, -0.05) is 13.8 Å². The Bertz CT molecular complexity index is 524. The third-order valence-electron chi connectivity index (χ3n) is 2.51. The van der Waals surface area contributed by atoms with Crippen LogP contribution < -0.4 is 11.3 Å². The van der Waals surface area contributed by atoms with Crippen molar-refractivity contribution in [2.45, 2.75) is 52.7 Å². The van der Waals surface area contributed by atoms with Crippen LogP contribution in [0, 0.1) is 0 Å². The van der Waals surface area contributed by atoms with E-state index in [1.165, 1.54) is 10.6 Å². The second-order valence-electron chi connectivity index (χ2n) is 5.84. The summed E-state index contributed by atoms with van der Waals surface area (Å²) >= 11 is 0.